The average Bonchev–Trinajstić information content (AvgIpc) is 3.48. The Balaban J connectivity index is 1.46. The van der Waals surface area contributed by atoms with Crippen LogP contribution in [0.5, 0.6) is 0 Å². The van der Waals surface area contributed by atoms with E-state index in [0.717, 1.165) is 35.4 Å². The fraction of sp³-hybridized carbons (Fsp3) is 0.286. The summed E-state index contributed by atoms with van der Waals surface area (Å²) in [6.45, 7) is 4.90. The first-order valence-electron chi connectivity index (χ1n) is 9.71. The number of amides is 1. The van der Waals surface area contributed by atoms with Crippen LogP contribution in [0.4, 0.5) is 0 Å². The quantitative estimate of drug-likeness (QED) is 0.583. The molecule has 0 spiro atoms. The van der Waals surface area contributed by atoms with Crippen molar-refractivity contribution in [3.8, 4) is 5.69 Å². The molecule has 0 unspecified atom stereocenters. The number of aromatic nitrogens is 6. The standard InChI is InChI=1S/C21H21N7O/c1-13-9-17-18(10-14(13)2)24-20(23-17)19-7-4-8-27(19)21(29)15-5-3-6-16(11-15)28-12-22-25-26-28/h3,5-6,9-12,19H,4,7-8H2,1-2H3,(H,23,24)/t19-/m1/s1. The molecule has 1 N–H and O–H groups in total. The third-order valence-corrected chi connectivity index (χ3v) is 5.65. The van der Waals surface area contributed by atoms with Crippen molar-refractivity contribution in [1.29, 1.82) is 0 Å². The third kappa shape index (κ3) is 3.06. The van der Waals surface area contributed by atoms with Gasteiger partial charge in [-0.2, -0.15) is 0 Å². The van der Waals surface area contributed by atoms with Crippen molar-refractivity contribution >= 4 is 16.9 Å². The van der Waals surface area contributed by atoms with Crippen LogP contribution in [0.3, 0.4) is 0 Å². The molecule has 3 heterocycles. The Labute approximate surface area is 167 Å². The number of benzene rings is 2. The minimum atomic E-state index is -0.0489. The summed E-state index contributed by atoms with van der Waals surface area (Å²) in [6, 6.07) is 11.5. The van der Waals surface area contributed by atoms with E-state index >= 15 is 0 Å². The number of hydrogen-bond donors (Lipinski definition) is 1. The molecule has 0 radical (unpaired) electrons. The van der Waals surface area contributed by atoms with Gasteiger partial charge < -0.3 is 9.88 Å². The molecule has 5 rings (SSSR count). The first-order chi connectivity index (χ1) is 14.1. The number of likely N-dealkylation sites (tertiary alicyclic amines) is 1. The smallest absolute Gasteiger partial charge is 0.254 e. The summed E-state index contributed by atoms with van der Waals surface area (Å²) in [5.41, 5.74) is 5.78. The largest absolute Gasteiger partial charge is 0.340 e. The second-order valence-electron chi connectivity index (χ2n) is 7.54. The van der Waals surface area contributed by atoms with Gasteiger partial charge in [-0.25, -0.2) is 9.67 Å². The van der Waals surface area contributed by atoms with E-state index in [4.69, 9.17) is 4.98 Å². The highest BCUT2D eigenvalue weighted by atomic mass is 16.2. The molecule has 2 aromatic carbocycles. The van der Waals surface area contributed by atoms with Gasteiger partial charge in [-0.15, -0.1) is 5.10 Å². The van der Waals surface area contributed by atoms with Gasteiger partial charge in [0.05, 0.1) is 22.8 Å². The predicted octanol–water partition coefficient (Wildman–Crippen LogP) is 3.13. The molecule has 1 fully saturated rings. The molecule has 2 aromatic heterocycles. The van der Waals surface area contributed by atoms with Crippen molar-refractivity contribution in [3.05, 3.63) is 65.2 Å². The fourth-order valence-electron chi connectivity index (χ4n) is 3.97. The van der Waals surface area contributed by atoms with E-state index in [9.17, 15) is 4.79 Å². The number of nitrogens with zero attached hydrogens (tertiary/aromatic N) is 6. The number of H-pyrrole nitrogens is 1. The molecule has 0 aliphatic carbocycles. The summed E-state index contributed by atoms with van der Waals surface area (Å²) in [6.07, 6.45) is 3.37. The van der Waals surface area contributed by atoms with Crippen LogP contribution in [-0.2, 0) is 0 Å². The molecule has 8 nitrogen and oxygen atoms in total. The summed E-state index contributed by atoms with van der Waals surface area (Å²) in [5, 5.41) is 11.2. The van der Waals surface area contributed by atoms with Crippen molar-refractivity contribution < 1.29 is 4.79 Å². The molecule has 1 saturated heterocycles. The number of tetrazole rings is 1. The van der Waals surface area contributed by atoms with Gasteiger partial charge in [-0.1, -0.05) is 6.07 Å². The second-order valence-corrected chi connectivity index (χ2v) is 7.54. The van der Waals surface area contributed by atoms with E-state index in [1.807, 2.05) is 29.2 Å². The molecule has 29 heavy (non-hydrogen) atoms. The molecular formula is C21H21N7O. The molecular weight excluding hydrogens is 366 g/mol. The van der Waals surface area contributed by atoms with Gasteiger partial charge >= 0.3 is 0 Å². The van der Waals surface area contributed by atoms with E-state index in [1.165, 1.54) is 17.5 Å². The molecule has 1 atom stereocenters. The van der Waals surface area contributed by atoms with Crippen LogP contribution in [0, 0.1) is 13.8 Å². The molecule has 1 aliphatic rings. The lowest BCUT2D eigenvalue weighted by Crippen LogP contribution is -2.31. The number of carbonyl (C=O) groups is 1. The lowest BCUT2D eigenvalue weighted by atomic mass is 10.1. The van der Waals surface area contributed by atoms with Gasteiger partial charge in [0.25, 0.3) is 5.91 Å². The van der Waals surface area contributed by atoms with E-state index in [0.29, 0.717) is 12.1 Å². The van der Waals surface area contributed by atoms with Crippen molar-refractivity contribution in [3.63, 3.8) is 0 Å². The molecule has 1 amide bonds. The van der Waals surface area contributed by atoms with Crippen molar-refractivity contribution in [2.75, 3.05) is 6.54 Å². The van der Waals surface area contributed by atoms with E-state index in [-0.39, 0.29) is 11.9 Å². The second kappa shape index (κ2) is 6.80. The zero-order valence-electron chi connectivity index (χ0n) is 16.3. The fourth-order valence-corrected chi connectivity index (χ4v) is 3.97. The lowest BCUT2D eigenvalue weighted by Gasteiger charge is -2.23. The van der Waals surface area contributed by atoms with Crippen molar-refractivity contribution in [2.45, 2.75) is 32.7 Å². The Morgan fingerprint density at radius 2 is 2.03 bits per heavy atom. The predicted molar refractivity (Wildman–Crippen MR) is 108 cm³/mol. The van der Waals surface area contributed by atoms with Gasteiger partial charge in [0.15, 0.2) is 0 Å². The van der Waals surface area contributed by atoms with Crippen LogP contribution in [0.1, 0.15) is 46.2 Å². The molecule has 0 bridgehead atoms. The number of nitrogens with one attached hydrogen (secondary N) is 1. The number of aryl methyl sites for hydroxylation is 2. The zero-order valence-corrected chi connectivity index (χ0v) is 16.3. The summed E-state index contributed by atoms with van der Waals surface area (Å²) in [4.78, 5) is 23.5. The van der Waals surface area contributed by atoms with Gasteiger partial charge in [-0.05, 0) is 78.6 Å². The highest BCUT2D eigenvalue weighted by molar-refractivity contribution is 5.95. The van der Waals surface area contributed by atoms with Gasteiger partial charge in [0.2, 0.25) is 0 Å². The maximum absolute atomic E-state index is 13.3. The normalized spacial score (nSPS) is 16.6. The van der Waals surface area contributed by atoms with Crippen LogP contribution >= 0.6 is 0 Å². The molecule has 1 aliphatic heterocycles. The van der Waals surface area contributed by atoms with Gasteiger partial charge in [0, 0.05) is 12.1 Å². The Hall–Kier alpha value is -3.55. The van der Waals surface area contributed by atoms with E-state index < -0.39 is 0 Å². The molecule has 146 valence electrons. The molecule has 0 saturated carbocycles. The minimum Gasteiger partial charge on any atom is -0.340 e. The number of hydrogen-bond acceptors (Lipinski definition) is 5. The summed E-state index contributed by atoms with van der Waals surface area (Å²) < 4.78 is 1.54. The van der Waals surface area contributed by atoms with E-state index in [2.05, 4.69) is 46.5 Å². The van der Waals surface area contributed by atoms with Crippen LogP contribution in [-0.4, -0.2) is 47.5 Å². The van der Waals surface area contributed by atoms with Crippen LogP contribution in [0.25, 0.3) is 16.7 Å². The van der Waals surface area contributed by atoms with E-state index in [1.54, 1.807) is 4.68 Å². The SMILES string of the molecule is Cc1cc2nc([C@H]3CCCN3C(=O)c3cccc(-n4cnnn4)c3)[nH]c2cc1C. The topological polar surface area (TPSA) is 92.6 Å². The first-order valence-corrected chi connectivity index (χ1v) is 9.71. The maximum atomic E-state index is 13.3. The monoisotopic (exact) mass is 387 g/mol. The minimum absolute atomic E-state index is 0.00441. The molecule has 8 heteroatoms. The number of aromatic amines is 1. The summed E-state index contributed by atoms with van der Waals surface area (Å²) in [7, 11) is 0. The maximum Gasteiger partial charge on any atom is 0.254 e. The van der Waals surface area contributed by atoms with Crippen molar-refractivity contribution in [2.24, 2.45) is 0 Å². The number of fused-ring (bicyclic) bond motifs is 1. The number of carbonyl (C=O) groups excluding carboxylic acids is 1. The Kier molecular flexibility index (Phi) is 4.12. The Bertz CT molecular complexity index is 1160. The summed E-state index contributed by atoms with van der Waals surface area (Å²) >= 11 is 0. The number of imidazole rings is 1. The Morgan fingerprint density at radius 3 is 2.86 bits per heavy atom. The van der Waals surface area contributed by atoms with Crippen molar-refractivity contribution in [1.82, 2.24) is 35.1 Å². The van der Waals surface area contributed by atoms with Gasteiger partial charge in [-0.3, -0.25) is 4.79 Å². The average molecular weight is 387 g/mol. The number of rotatable bonds is 3. The van der Waals surface area contributed by atoms with Crippen LogP contribution in [0.15, 0.2) is 42.7 Å². The van der Waals surface area contributed by atoms with Crippen LogP contribution in [0.2, 0.25) is 0 Å². The lowest BCUT2D eigenvalue weighted by molar-refractivity contribution is 0.0730. The Morgan fingerprint density at radius 1 is 1.17 bits per heavy atom. The third-order valence-electron chi connectivity index (χ3n) is 5.65. The highest BCUT2D eigenvalue weighted by Crippen LogP contribution is 2.33. The van der Waals surface area contributed by atoms with Crippen LogP contribution < -0.4 is 0 Å². The highest BCUT2D eigenvalue weighted by Gasteiger charge is 2.32. The zero-order chi connectivity index (χ0) is 20.0. The van der Waals surface area contributed by atoms with Gasteiger partial charge in [0.1, 0.15) is 12.2 Å². The first kappa shape index (κ1) is 17.5. The molecule has 4 aromatic rings. The summed E-state index contributed by atoms with van der Waals surface area (Å²) in [5.74, 6) is 0.850.